The second-order valence-corrected chi connectivity index (χ2v) is 4.82. The first-order valence-electron chi connectivity index (χ1n) is 6.58. The van der Waals surface area contributed by atoms with Crippen molar-refractivity contribution in [2.45, 2.75) is 25.3 Å². The van der Waals surface area contributed by atoms with Gasteiger partial charge in [0.05, 0.1) is 6.04 Å². The van der Waals surface area contributed by atoms with E-state index in [9.17, 15) is 15.0 Å². The number of carbonyl (C=O) groups is 1. The molecule has 0 fully saturated rings. The van der Waals surface area contributed by atoms with Crippen LogP contribution in [0, 0.1) is 0 Å². The van der Waals surface area contributed by atoms with E-state index in [1.54, 1.807) is 18.0 Å². The highest BCUT2D eigenvalue weighted by molar-refractivity contribution is 5.81. The molecule has 0 aliphatic heterocycles. The van der Waals surface area contributed by atoms with Crippen LogP contribution >= 0.6 is 0 Å². The third kappa shape index (κ3) is 4.59. The lowest BCUT2D eigenvalue weighted by Crippen LogP contribution is -2.43. The minimum atomic E-state index is -0.660. The van der Waals surface area contributed by atoms with Gasteiger partial charge in [-0.1, -0.05) is 12.1 Å². The standard InChI is InChI=1S/C15H22N2O3/c1-3-4-5-8-17(2)15(20)12(16)9-11-6-7-13(18)14(19)10-11/h3,6-7,10,12,18-19H,1,4-5,8-9,16H2,2H3/t12-/m0/s1. The van der Waals surface area contributed by atoms with Gasteiger partial charge in [0.2, 0.25) is 5.91 Å². The van der Waals surface area contributed by atoms with Crippen molar-refractivity contribution < 1.29 is 15.0 Å². The first kappa shape index (κ1) is 16.0. The predicted octanol–water partition coefficient (Wildman–Crippen LogP) is 1.39. The van der Waals surface area contributed by atoms with Crippen LogP contribution in [-0.2, 0) is 11.2 Å². The van der Waals surface area contributed by atoms with Crippen molar-refractivity contribution >= 4 is 5.91 Å². The van der Waals surface area contributed by atoms with E-state index < -0.39 is 6.04 Å². The predicted molar refractivity (Wildman–Crippen MR) is 78.5 cm³/mol. The fourth-order valence-electron chi connectivity index (χ4n) is 1.90. The Balaban J connectivity index is 2.56. The molecule has 110 valence electrons. The number of nitrogens with zero attached hydrogens (tertiary/aromatic N) is 1. The molecule has 0 aliphatic carbocycles. The number of benzene rings is 1. The average Bonchev–Trinajstić information content (AvgIpc) is 2.42. The van der Waals surface area contributed by atoms with Gasteiger partial charge in [-0.15, -0.1) is 6.58 Å². The highest BCUT2D eigenvalue weighted by atomic mass is 16.3. The van der Waals surface area contributed by atoms with Gasteiger partial charge in [0.1, 0.15) is 0 Å². The van der Waals surface area contributed by atoms with Crippen molar-refractivity contribution in [2.24, 2.45) is 5.73 Å². The molecule has 0 bridgehead atoms. The van der Waals surface area contributed by atoms with Gasteiger partial charge >= 0.3 is 0 Å². The van der Waals surface area contributed by atoms with E-state index >= 15 is 0 Å². The lowest BCUT2D eigenvalue weighted by Gasteiger charge is -2.21. The van der Waals surface area contributed by atoms with Gasteiger partial charge in [0, 0.05) is 13.6 Å². The Hall–Kier alpha value is -2.01. The van der Waals surface area contributed by atoms with Crippen LogP contribution in [0.25, 0.3) is 0 Å². The van der Waals surface area contributed by atoms with Gasteiger partial charge in [-0.3, -0.25) is 4.79 Å². The number of hydrogen-bond acceptors (Lipinski definition) is 4. The Morgan fingerprint density at radius 3 is 2.75 bits per heavy atom. The van der Waals surface area contributed by atoms with E-state index in [4.69, 9.17) is 5.73 Å². The largest absolute Gasteiger partial charge is 0.504 e. The van der Waals surface area contributed by atoms with E-state index in [0.29, 0.717) is 18.5 Å². The van der Waals surface area contributed by atoms with Crippen molar-refractivity contribution in [3.05, 3.63) is 36.4 Å². The third-order valence-corrected chi connectivity index (χ3v) is 3.09. The van der Waals surface area contributed by atoms with E-state index in [0.717, 1.165) is 12.8 Å². The lowest BCUT2D eigenvalue weighted by molar-refractivity contribution is -0.131. The number of carbonyl (C=O) groups excluding carboxylic acids is 1. The molecule has 0 saturated carbocycles. The van der Waals surface area contributed by atoms with Crippen molar-refractivity contribution in [2.75, 3.05) is 13.6 Å². The van der Waals surface area contributed by atoms with Gasteiger partial charge in [-0.2, -0.15) is 0 Å². The van der Waals surface area contributed by atoms with Crippen LogP contribution in [0.1, 0.15) is 18.4 Å². The normalized spacial score (nSPS) is 11.9. The SMILES string of the molecule is C=CCCCN(C)C(=O)[C@@H](N)Cc1ccc(O)c(O)c1. The van der Waals surface area contributed by atoms with Crippen molar-refractivity contribution in [3.8, 4) is 11.5 Å². The van der Waals surface area contributed by atoms with Crippen molar-refractivity contribution in [3.63, 3.8) is 0 Å². The number of hydrogen-bond donors (Lipinski definition) is 3. The smallest absolute Gasteiger partial charge is 0.239 e. The molecular weight excluding hydrogens is 256 g/mol. The van der Waals surface area contributed by atoms with Crippen LogP contribution in [0.4, 0.5) is 0 Å². The summed E-state index contributed by atoms with van der Waals surface area (Å²) >= 11 is 0. The second kappa shape index (κ2) is 7.55. The minimum absolute atomic E-state index is 0.137. The van der Waals surface area contributed by atoms with Crippen LogP contribution < -0.4 is 5.73 Å². The van der Waals surface area contributed by atoms with Crippen LogP contribution in [0.2, 0.25) is 0 Å². The van der Waals surface area contributed by atoms with Gasteiger partial charge in [0.25, 0.3) is 0 Å². The maximum Gasteiger partial charge on any atom is 0.239 e. The summed E-state index contributed by atoms with van der Waals surface area (Å²) in [4.78, 5) is 13.7. The van der Waals surface area contributed by atoms with Crippen molar-refractivity contribution in [1.82, 2.24) is 4.90 Å². The molecule has 5 nitrogen and oxygen atoms in total. The van der Waals surface area contributed by atoms with E-state index in [1.807, 2.05) is 6.08 Å². The number of phenolic OH excluding ortho intramolecular Hbond substituents is 2. The summed E-state index contributed by atoms with van der Waals surface area (Å²) in [5, 5.41) is 18.6. The second-order valence-electron chi connectivity index (χ2n) is 4.82. The number of likely N-dealkylation sites (N-methyl/N-ethyl adjacent to an activating group) is 1. The van der Waals surface area contributed by atoms with Crippen LogP contribution in [0.3, 0.4) is 0 Å². The molecule has 0 spiro atoms. The molecule has 4 N–H and O–H groups in total. The molecule has 1 aromatic rings. The maximum atomic E-state index is 12.1. The molecule has 1 aromatic carbocycles. The molecule has 20 heavy (non-hydrogen) atoms. The Bertz CT molecular complexity index is 474. The molecule has 0 saturated heterocycles. The first-order valence-corrected chi connectivity index (χ1v) is 6.58. The number of aromatic hydroxyl groups is 2. The Morgan fingerprint density at radius 1 is 1.45 bits per heavy atom. The fourth-order valence-corrected chi connectivity index (χ4v) is 1.90. The summed E-state index contributed by atoms with van der Waals surface area (Å²) in [6, 6.07) is 3.78. The van der Waals surface area contributed by atoms with E-state index in [2.05, 4.69) is 6.58 Å². The molecule has 0 heterocycles. The fraction of sp³-hybridized carbons (Fsp3) is 0.400. The Labute approximate surface area is 119 Å². The summed E-state index contributed by atoms with van der Waals surface area (Å²) in [6.45, 7) is 4.27. The summed E-state index contributed by atoms with van der Waals surface area (Å²) in [7, 11) is 1.72. The zero-order valence-electron chi connectivity index (χ0n) is 11.7. The molecule has 0 aliphatic rings. The highest BCUT2D eigenvalue weighted by Gasteiger charge is 2.18. The van der Waals surface area contributed by atoms with Crippen LogP contribution in [0.15, 0.2) is 30.9 Å². The molecule has 0 radical (unpaired) electrons. The van der Waals surface area contributed by atoms with Crippen LogP contribution in [0.5, 0.6) is 11.5 Å². The van der Waals surface area contributed by atoms with Crippen molar-refractivity contribution in [1.29, 1.82) is 0 Å². The molecule has 1 rings (SSSR count). The number of nitrogens with two attached hydrogens (primary N) is 1. The lowest BCUT2D eigenvalue weighted by atomic mass is 10.0. The molecule has 1 amide bonds. The first-order chi connectivity index (χ1) is 9.45. The van der Waals surface area contributed by atoms with Gasteiger partial charge < -0.3 is 20.8 Å². The highest BCUT2D eigenvalue weighted by Crippen LogP contribution is 2.25. The number of unbranched alkanes of at least 4 members (excludes halogenated alkanes) is 1. The van der Waals surface area contributed by atoms with E-state index in [1.165, 1.54) is 12.1 Å². The van der Waals surface area contributed by atoms with E-state index in [-0.39, 0.29) is 17.4 Å². The molecule has 1 atom stereocenters. The Kier molecular flexibility index (Phi) is 6.06. The summed E-state index contributed by atoms with van der Waals surface area (Å²) in [5.41, 5.74) is 6.60. The zero-order valence-corrected chi connectivity index (χ0v) is 11.7. The Morgan fingerprint density at radius 2 is 2.15 bits per heavy atom. The summed E-state index contributed by atoms with van der Waals surface area (Å²) in [6.07, 6.45) is 3.85. The summed E-state index contributed by atoms with van der Waals surface area (Å²) < 4.78 is 0. The topological polar surface area (TPSA) is 86.8 Å². The molecule has 0 aromatic heterocycles. The number of amides is 1. The maximum absolute atomic E-state index is 12.1. The average molecular weight is 278 g/mol. The quantitative estimate of drug-likeness (QED) is 0.399. The van der Waals surface area contributed by atoms with Gasteiger partial charge in [0.15, 0.2) is 11.5 Å². The minimum Gasteiger partial charge on any atom is -0.504 e. The number of phenols is 2. The third-order valence-electron chi connectivity index (χ3n) is 3.09. The molecule has 0 unspecified atom stereocenters. The van der Waals surface area contributed by atoms with Crippen LogP contribution in [-0.4, -0.2) is 40.7 Å². The molecular formula is C15H22N2O3. The van der Waals surface area contributed by atoms with Gasteiger partial charge in [-0.25, -0.2) is 0 Å². The molecule has 5 heteroatoms. The van der Waals surface area contributed by atoms with Gasteiger partial charge in [-0.05, 0) is 37.0 Å². The number of allylic oxidation sites excluding steroid dienone is 1. The summed E-state index contributed by atoms with van der Waals surface area (Å²) in [5.74, 6) is -0.529. The zero-order chi connectivity index (χ0) is 15.1. The monoisotopic (exact) mass is 278 g/mol. The number of rotatable bonds is 7.